The van der Waals surface area contributed by atoms with Gasteiger partial charge in [-0.1, -0.05) is 25.4 Å². The molecule has 11 heteroatoms. The van der Waals surface area contributed by atoms with Crippen LogP contribution in [0.3, 0.4) is 0 Å². The average Bonchev–Trinajstić information content (AvgIpc) is 3.60. The maximum absolute atomic E-state index is 13.1. The van der Waals surface area contributed by atoms with Crippen molar-refractivity contribution in [2.45, 2.75) is 83.3 Å². The molecule has 3 aromatic heterocycles. The number of halogens is 1. The minimum absolute atomic E-state index is 0.183. The Morgan fingerprint density at radius 1 is 1.08 bits per heavy atom. The number of pyridine rings is 1. The number of hydrogen-bond donors (Lipinski definition) is 4. The van der Waals surface area contributed by atoms with E-state index in [9.17, 15) is 9.59 Å². The van der Waals surface area contributed by atoms with Crippen molar-refractivity contribution in [2.75, 3.05) is 16.0 Å². The van der Waals surface area contributed by atoms with Gasteiger partial charge in [-0.3, -0.25) is 9.59 Å². The number of rotatable bonds is 11. The van der Waals surface area contributed by atoms with Crippen LogP contribution in [0.2, 0.25) is 5.15 Å². The van der Waals surface area contributed by atoms with Crippen LogP contribution in [-0.2, 0) is 4.79 Å². The first-order valence-corrected chi connectivity index (χ1v) is 14.3. The number of hydrogen-bond acceptors (Lipinski definition) is 8. The molecule has 2 fully saturated rings. The molecule has 0 bridgehead atoms. The van der Waals surface area contributed by atoms with Gasteiger partial charge in [0.1, 0.15) is 16.8 Å². The van der Waals surface area contributed by atoms with Crippen molar-refractivity contribution in [1.82, 2.24) is 19.6 Å². The molecule has 5 rings (SSSR count). The summed E-state index contributed by atoms with van der Waals surface area (Å²) in [5.74, 6) is 1.32. The number of imidazole rings is 1. The zero-order chi connectivity index (χ0) is 27.5. The molecule has 2 aliphatic carbocycles. The quantitative estimate of drug-likeness (QED) is 0.246. The van der Waals surface area contributed by atoms with Crippen molar-refractivity contribution >= 4 is 46.1 Å². The number of aromatic nitrogens is 4. The Kier molecular flexibility index (Phi) is 8.32. The fraction of sp³-hybridized carbons (Fsp3) is 0.536. The number of nitrogens with one attached hydrogen (secondary N) is 3. The predicted octanol–water partition coefficient (Wildman–Crippen LogP) is 4.91. The standard InChI is InChI=1S/C28H37ClN8O2/c1-16(2)11-21(30)24(38)12-17-3-5-19(6-4-17)34-26-14-22(33-18-7-8-18)27-32-15-23(37(27)36-26)28(39)35-20-9-10-31-25(29)13-20/h9-10,13-19,21,33H,3-8,11-12,30H2,1-2H3,(H,34,36)(H,31,35,39)/t17?,19?,21-/m0/s1. The molecule has 1 atom stereocenters. The van der Waals surface area contributed by atoms with Gasteiger partial charge < -0.3 is 21.7 Å². The first-order valence-electron chi connectivity index (χ1n) is 13.9. The number of Topliss-reactive ketones (excluding diaryl/α,β-unsaturated/α-hetero) is 1. The van der Waals surface area contributed by atoms with E-state index >= 15 is 0 Å². The Bertz CT molecular complexity index is 1330. The van der Waals surface area contributed by atoms with Gasteiger partial charge in [0.05, 0.1) is 17.9 Å². The summed E-state index contributed by atoms with van der Waals surface area (Å²) in [4.78, 5) is 34.1. The Morgan fingerprint density at radius 2 is 1.79 bits per heavy atom. The number of carbonyl (C=O) groups excluding carboxylic acids is 2. The maximum Gasteiger partial charge on any atom is 0.276 e. The molecule has 2 aliphatic rings. The van der Waals surface area contributed by atoms with Crippen molar-refractivity contribution in [2.24, 2.45) is 17.6 Å². The Labute approximate surface area is 233 Å². The average molecular weight is 553 g/mol. The number of fused-ring (bicyclic) bond motifs is 1. The fourth-order valence-electron chi connectivity index (χ4n) is 5.22. The van der Waals surface area contributed by atoms with Crippen molar-refractivity contribution in [1.29, 1.82) is 0 Å². The van der Waals surface area contributed by atoms with E-state index < -0.39 is 0 Å². The van der Waals surface area contributed by atoms with Crippen LogP contribution >= 0.6 is 11.6 Å². The molecule has 0 unspecified atom stereocenters. The van der Waals surface area contributed by atoms with E-state index in [1.165, 1.54) is 12.4 Å². The number of nitrogens with two attached hydrogens (primary N) is 1. The lowest BCUT2D eigenvalue weighted by atomic mass is 9.81. The molecule has 39 heavy (non-hydrogen) atoms. The first-order chi connectivity index (χ1) is 18.7. The van der Waals surface area contributed by atoms with Crippen LogP contribution in [0.15, 0.2) is 30.6 Å². The second-order valence-electron chi connectivity index (χ2n) is 11.3. The highest BCUT2D eigenvalue weighted by molar-refractivity contribution is 6.29. The largest absolute Gasteiger partial charge is 0.379 e. The summed E-state index contributed by atoms with van der Waals surface area (Å²) in [5.41, 5.74) is 8.43. The molecule has 1 amide bonds. The van der Waals surface area contributed by atoms with Gasteiger partial charge in [0.15, 0.2) is 11.3 Å². The molecule has 0 aromatic carbocycles. The second kappa shape index (κ2) is 11.9. The van der Waals surface area contributed by atoms with Crippen LogP contribution in [0, 0.1) is 11.8 Å². The van der Waals surface area contributed by atoms with Crippen LogP contribution in [0.1, 0.15) is 75.7 Å². The highest BCUT2D eigenvalue weighted by atomic mass is 35.5. The Morgan fingerprint density at radius 3 is 2.49 bits per heavy atom. The highest BCUT2D eigenvalue weighted by Crippen LogP contribution is 2.32. The van der Waals surface area contributed by atoms with Crippen molar-refractivity contribution in [3.63, 3.8) is 0 Å². The SMILES string of the molecule is CC(C)C[C@H](N)C(=O)CC1CCC(Nc2cc(NC3CC3)c3ncc(C(=O)Nc4ccnc(Cl)c4)n3n2)CC1. The van der Waals surface area contributed by atoms with Crippen LogP contribution in [0.25, 0.3) is 5.65 Å². The predicted molar refractivity (Wildman–Crippen MR) is 153 cm³/mol. The van der Waals surface area contributed by atoms with E-state index in [0.717, 1.165) is 50.6 Å². The van der Waals surface area contributed by atoms with Crippen LogP contribution < -0.4 is 21.7 Å². The monoisotopic (exact) mass is 552 g/mol. The summed E-state index contributed by atoms with van der Waals surface area (Å²) < 4.78 is 1.59. The maximum atomic E-state index is 13.1. The molecule has 0 aliphatic heterocycles. The number of ketones is 1. The molecule has 3 heterocycles. The first kappa shape index (κ1) is 27.3. The lowest BCUT2D eigenvalue weighted by molar-refractivity contribution is -0.121. The van der Waals surface area contributed by atoms with Gasteiger partial charge in [-0.05, 0) is 68.9 Å². The minimum atomic E-state index is -0.355. The Balaban J connectivity index is 1.27. The summed E-state index contributed by atoms with van der Waals surface area (Å²) in [6.45, 7) is 4.19. The van der Waals surface area contributed by atoms with E-state index in [1.54, 1.807) is 16.6 Å². The van der Waals surface area contributed by atoms with Gasteiger partial charge in [0.25, 0.3) is 5.91 Å². The minimum Gasteiger partial charge on any atom is -0.379 e. The van der Waals surface area contributed by atoms with E-state index in [4.69, 9.17) is 22.4 Å². The van der Waals surface area contributed by atoms with E-state index in [0.29, 0.717) is 52.3 Å². The van der Waals surface area contributed by atoms with Gasteiger partial charge in [-0.15, -0.1) is 5.10 Å². The molecule has 10 nitrogen and oxygen atoms in total. The van der Waals surface area contributed by atoms with Gasteiger partial charge in [-0.25, -0.2) is 14.5 Å². The van der Waals surface area contributed by atoms with Gasteiger partial charge in [0.2, 0.25) is 0 Å². The molecule has 0 spiro atoms. The molecule has 0 saturated heterocycles. The lowest BCUT2D eigenvalue weighted by Crippen LogP contribution is -2.34. The van der Waals surface area contributed by atoms with Gasteiger partial charge in [-0.2, -0.15) is 0 Å². The highest BCUT2D eigenvalue weighted by Gasteiger charge is 2.27. The van der Waals surface area contributed by atoms with Crippen LogP contribution in [-0.4, -0.2) is 49.4 Å². The number of nitrogens with zero attached hydrogens (tertiary/aromatic N) is 4. The second-order valence-corrected chi connectivity index (χ2v) is 11.7. The van der Waals surface area contributed by atoms with Gasteiger partial charge >= 0.3 is 0 Å². The smallest absolute Gasteiger partial charge is 0.276 e. The lowest BCUT2D eigenvalue weighted by Gasteiger charge is -2.30. The summed E-state index contributed by atoms with van der Waals surface area (Å²) in [6, 6.07) is 5.53. The number of amides is 1. The molecule has 5 N–H and O–H groups in total. The molecule has 208 valence electrons. The van der Waals surface area contributed by atoms with Crippen molar-refractivity contribution in [3.05, 3.63) is 41.4 Å². The molecule has 0 radical (unpaired) electrons. The summed E-state index contributed by atoms with van der Waals surface area (Å²) in [5, 5.41) is 15.0. The molecular weight excluding hydrogens is 516 g/mol. The third-order valence-electron chi connectivity index (χ3n) is 7.45. The van der Waals surface area contributed by atoms with E-state index in [1.807, 2.05) is 6.07 Å². The number of anilines is 3. The molecule has 2 saturated carbocycles. The van der Waals surface area contributed by atoms with Gasteiger partial charge in [0, 0.05) is 36.5 Å². The van der Waals surface area contributed by atoms with Crippen molar-refractivity contribution < 1.29 is 9.59 Å². The zero-order valence-electron chi connectivity index (χ0n) is 22.5. The zero-order valence-corrected chi connectivity index (χ0v) is 23.2. The molecule has 3 aromatic rings. The van der Waals surface area contributed by atoms with Crippen LogP contribution in [0.5, 0.6) is 0 Å². The van der Waals surface area contributed by atoms with Crippen LogP contribution in [0.4, 0.5) is 17.2 Å². The molecular formula is C28H37ClN8O2. The third-order valence-corrected chi connectivity index (χ3v) is 7.66. The Hall–Kier alpha value is -3.24. The van der Waals surface area contributed by atoms with E-state index in [-0.39, 0.29) is 23.8 Å². The topological polar surface area (TPSA) is 139 Å². The third kappa shape index (κ3) is 7.05. The normalized spacial score (nSPS) is 20.1. The summed E-state index contributed by atoms with van der Waals surface area (Å²) in [6.07, 6.45) is 10.4. The fourth-order valence-corrected chi connectivity index (χ4v) is 5.39. The summed E-state index contributed by atoms with van der Waals surface area (Å²) >= 11 is 5.97. The van der Waals surface area contributed by atoms with Crippen molar-refractivity contribution in [3.8, 4) is 0 Å². The number of carbonyl (C=O) groups is 2. The van der Waals surface area contributed by atoms with E-state index in [2.05, 4.69) is 39.8 Å². The summed E-state index contributed by atoms with van der Waals surface area (Å²) in [7, 11) is 0.